The third-order valence-electron chi connectivity index (χ3n) is 2.99. The molecule has 0 aromatic carbocycles. The molecule has 0 aliphatic carbocycles. The van der Waals surface area contributed by atoms with Gasteiger partial charge in [-0.05, 0) is 27.7 Å². The first-order valence-electron chi connectivity index (χ1n) is 5.72. The van der Waals surface area contributed by atoms with E-state index in [1.807, 2.05) is 0 Å². The fourth-order valence-electron chi connectivity index (χ4n) is 1.57. The number of carboxylic acid groups (broad SMARTS) is 1. The molecule has 19 heavy (non-hydrogen) atoms. The molecule has 0 unspecified atom stereocenters. The van der Waals surface area contributed by atoms with Crippen LogP contribution >= 0.6 is 0 Å². The molecule has 0 aliphatic heterocycles. The summed E-state index contributed by atoms with van der Waals surface area (Å²) in [6.45, 7) is 5.99. The summed E-state index contributed by atoms with van der Waals surface area (Å²) in [4.78, 5) is 11.1. The van der Waals surface area contributed by atoms with Gasteiger partial charge in [0, 0.05) is 13.6 Å². The van der Waals surface area contributed by atoms with E-state index in [1.165, 1.54) is 18.5 Å². The van der Waals surface area contributed by atoms with Gasteiger partial charge in [-0.15, -0.1) is 0 Å². The Kier molecular flexibility index (Phi) is 4.06. The zero-order chi connectivity index (χ0) is 15.0. The van der Waals surface area contributed by atoms with E-state index in [-0.39, 0.29) is 11.4 Å². The Morgan fingerprint density at radius 3 is 2.32 bits per heavy atom. The van der Waals surface area contributed by atoms with Gasteiger partial charge >= 0.3 is 5.97 Å². The van der Waals surface area contributed by atoms with Gasteiger partial charge in [-0.2, -0.15) is 5.10 Å². The van der Waals surface area contributed by atoms with Crippen LogP contribution in [0.15, 0.2) is 4.90 Å². The third kappa shape index (κ3) is 3.13. The maximum absolute atomic E-state index is 12.2. The minimum absolute atomic E-state index is 0.108. The summed E-state index contributed by atoms with van der Waals surface area (Å²) in [7, 11) is -2.11. The smallest absolute Gasteiger partial charge is 0.310 e. The number of aliphatic carboxylic acids is 1. The molecular weight excluding hydrogens is 270 g/mol. The standard InChI is InChI=1S/C11H19N3O4S/c1-7-9(8(2)14(5)13-7)19(17,18)12-6-11(3,4)10(15)16/h12H,6H2,1-5H3,(H,15,16). The molecule has 2 N–H and O–H groups in total. The lowest BCUT2D eigenvalue weighted by atomic mass is 9.95. The molecule has 0 atom stereocenters. The van der Waals surface area contributed by atoms with E-state index in [9.17, 15) is 13.2 Å². The Morgan fingerprint density at radius 1 is 1.42 bits per heavy atom. The van der Waals surface area contributed by atoms with Crippen LogP contribution in [0.2, 0.25) is 0 Å². The number of hydrogen-bond acceptors (Lipinski definition) is 4. The van der Waals surface area contributed by atoms with Crippen LogP contribution < -0.4 is 4.72 Å². The number of nitrogens with zero attached hydrogens (tertiary/aromatic N) is 2. The van der Waals surface area contributed by atoms with E-state index < -0.39 is 21.4 Å². The van der Waals surface area contributed by atoms with Crippen molar-refractivity contribution >= 4 is 16.0 Å². The number of carbonyl (C=O) groups is 1. The molecule has 1 aromatic heterocycles. The minimum atomic E-state index is -3.76. The number of rotatable bonds is 5. The summed E-state index contributed by atoms with van der Waals surface area (Å²) in [6.07, 6.45) is 0. The van der Waals surface area contributed by atoms with Gasteiger partial charge in [-0.25, -0.2) is 13.1 Å². The Bertz CT molecular complexity index is 602. The van der Waals surface area contributed by atoms with Crippen LogP contribution in [0.25, 0.3) is 0 Å². The summed E-state index contributed by atoms with van der Waals surface area (Å²) < 4.78 is 28.2. The summed E-state index contributed by atoms with van der Waals surface area (Å²) in [5, 5.41) is 13.0. The molecule has 0 saturated carbocycles. The normalized spacial score (nSPS) is 12.7. The number of sulfonamides is 1. The van der Waals surface area contributed by atoms with Crippen LogP contribution in [0.3, 0.4) is 0 Å². The quantitative estimate of drug-likeness (QED) is 0.818. The van der Waals surface area contributed by atoms with Crippen molar-refractivity contribution in [3.05, 3.63) is 11.4 Å². The van der Waals surface area contributed by atoms with Crippen LogP contribution in [0.4, 0.5) is 0 Å². The van der Waals surface area contributed by atoms with Gasteiger partial charge in [-0.3, -0.25) is 9.48 Å². The predicted octanol–water partition coefficient (Wildman–Crippen LogP) is 0.426. The molecule has 1 aromatic rings. The second kappa shape index (κ2) is 4.93. The Labute approximate surface area is 112 Å². The Hall–Kier alpha value is -1.41. The van der Waals surface area contributed by atoms with Crippen LogP contribution in [-0.4, -0.2) is 35.8 Å². The van der Waals surface area contributed by atoms with Gasteiger partial charge in [0.1, 0.15) is 4.90 Å². The number of hydrogen-bond donors (Lipinski definition) is 2. The molecule has 7 nitrogen and oxygen atoms in total. The van der Waals surface area contributed by atoms with Crippen molar-refractivity contribution in [1.29, 1.82) is 0 Å². The van der Waals surface area contributed by atoms with E-state index in [0.717, 1.165) is 0 Å². The number of nitrogens with one attached hydrogen (secondary N) is 1. The first-order chi connectivity index (χ1) is 8.49. The van der Waals surface area contributed by atoms with E-state index in [2.05, 4.69) is 9.82 Å². The average molecular weight is 289 g/mol. The van der Waals surface area contributed by atoms with Crippen LogP contribution in [0.1, 0.15) is 25.2 Å². The van der Waals surface area contributed by atoms with Crippen molar-refractivity contribution in [2.75, 3.05) is 6.54 Å². The van der Waals surface area contributed by atoms with E-state index in [4.69, 9.17) is 5.11 Å². The van der Waals surface area contributed by atoms with Gasteiger partial charge in [0.15, 0.2) is 0 Å². The predicted molar refractivity (Wildman–Crippen MR) is 69.3 cm³/mol. The summed E-state index contributed by atoms with van der Waals surface area (Å²) in [5.74, 6) is -1.06. The van der Waals surface area contributed by atoms with Gasteiger partial charge in [0.25, 0.3) is 0 Å². The molecule has 8 heteroatoms. The second-order valence-electron chi connectivity index (χ2n) is 5.14. The van der Waals surface area contributed by atoms with Crippen molar-refractivity contribution in [3.63, 3.8) is 0 Å². The fraction of sp³-hybridized carbons (Fsp3) is 0.636. The van der Waals surface area contributed by atoms with E-state index in [1.54, 1.807) is 20.9 Å². The highest BCUT2D eigenvalue weighted by molar-refractivity contribution is 7.89. The van der Waals surface area contributed by atoms with Gasteiger partial charge < -0.3 is 5.11 Å². The van der Waals surface area contributed by atoms with Crippen LogP contribution in [0.5, 0.6) is 0 Å². The zero-order valence-corrected chi connectivity index (χ0v) is 12.5. The highest BCUT2D eigenvalue weighted by Gasteiger charge is 2.31. The lowest BCUT2D eigenvalue weighted by Gasteiger charge is -2.19. The maximum atomic E-state index is 12.2. The number of aryl methyl sites for hydroxylation is 2. The van der Waals surface area contributed by atoms with Gasteiger partial charge in [0.05, 0.1) is 16.8 Å². The SMILES string of the molecule is Cc1nn(C)c(C)c1S(=O)(=O)NCC(C)(C)C(=O)O. The Morgan fingerprint density at radius 2 is 1.95 bits per heavy atom. The molecule has 1 heterocycles. The molecule has 0 bridgehead atoms. The highest BCUT2D eigenvalue weighted by atomic mass is 32.2. The number of aromatic nitrogens is 2. The van der Waals surface area contributed by atoms with Gasteiger partial charge in [-0.1, -0.05) is 0 Å². The molecule has 0 radical (unpaired) electrons. The molecule has 0 aliphatic rings. The second-order valence-corrected chi connectivity index (χ2v) is 6.84. The topological polar surface area (TPSA) is 101 Å². The summed E-state index contributed by atoms with van der Waals surface area (Å²) in [6, 6.07) is 0. The highest BCUT2D eigenvalue weighted by Crippen LogP contribution is 2.20. The first-order valence-corrected chi connectivity index (χ1v) is 7.20. The van der Waals surface area contributed by atoms with E-state index >= 15 is 0 Å². The average Bonchev–Trinajstić information content (AvgIpc) is 2.51. The number of carboxylic acids is 1. The fourth-order valence-corrected chi connectivity index (χ4v) is 3.21. The molecule has 0 saturated heterocycles. The summed E-state index contributed by atoms with van der Waals surface area (Å²) in [5.41, 5.74) is -0.268. The van der Waals surface area contributed by atoms with Crippen LogP contribution in [-0.2, 0) is 21.9 Å². The van der Waals surface area contributed by atoms with Crippen molar-refractivity contribution < 1.29 is 18.3 Å². The molecule has 0 spiro atoms. The monoisotopic (exact) mass is 289 g/mol. The van der Waals surface area contributed by atoms with Crippen molar-refractivity contribution in [2.45, 2.75) is 32.6 Å². The first kappa shape index (κ1) is 15.6. The molecule has 0 fully saturated rings. The lowest BCUT2D eigenvalue weighted by Crippen LogP contribution is -2.39. The zero-order valence-electron chi connectivity index (χ0n) is 11.7. The largest absolute Gasteiger partial charge is 0.481 e. The lowest BCUT2D eigenvalue weighted by molar-refractivity contribution is -0.146. The van der Waals surface area contributed by atoms with Crippen LogP contribution in [0, 0.1) is 19.3 Å². The van der Waals surface area contributed by atoms with E-state index in [0.29, 0.717) is 11.4 Å². The van der Waals surface area contributed by atoms with Crippen molar-refractivity contribution in [3.8, 4) is 0 Å². The molecule has 108 valence electrons. The third-order valence-corrected chi connectivity index (χ3v) is 4.65. The molecular formula is C11H19N3O4S. The molecule has 1 rings (SSSR count). The summed E-state index contributed by atoms with van der Waals surface area (Å²) >= 11 is 0. The van der Waals surface area contributed by atoms with Crippen molar-refractivity contribution in [2.24, 2.45) is 12.5 Å². The van der Waals surface area contributed by atoms with Gasteiger partial charge in [0.2, 0.25) is 10.0 Å². The minimum Gasteiger partial charge on any atom is -0.481 e. The maximum Gasteiger partial charge on any atom is 0.310 e. The Balaban J connectivity index is 3.04. The van der Waals surface area contributed by atoms with Crippen molar-refractivity contribution in [1.82, 2.24) is 14.5 Å². The molecule has 0 amide bonds.